The van der Waals surface area contributed by atoms with Crippen LogP contribution in [0.25, 0.3) is 5.65 Å². The number of anilines is 1. The quantitative estimate of drug-likeness (QED) is 0.0929. The number of ether oxygens (including phenoxy) is 6. The molecule has 0 spiro atoms. The molecule has 8 rings (SSSR count). The van der Waals surface area contributed by atoms with E-state index in [9.17, 15) is 22.8 Å². The Morgan fingerprint density at radius 2 is 1.61 bits per heavy atom. The number of aromatic nitrogens is 2. The zero-order valence-corrected chi connectivity index (χ0v) is 38.0. The summed E-state index contributed by atoms with van der Waals surface area (Å²) in [6.45, 7) is 12.1. The summed E-state index contributed by atoms with van der Waals surface area (Å²) in [7, 11) is 2.00. The average Bonchev–Trinajstić information content (AvgIpc) is 4.06. The summed E-state index contributed by atoms with van der Waals surface area (Å²) in [6, 6.07) is 12.6. The van der Waals surface area contributed by atoms with Gasteiger partial charge in [-0.25, -0.2) is 4.98 Å². The van der Waals surface area contributed by atoms with Crippen molar-refractivity contribution in [3.63, 3.8) is 0 Å². The fourth-order valence-electron chi connectivity index (χ4n) is 9.37. The molecule has 2 aromatic carbocycles. The van der Waals surface area contributed by atoms with Gasteiger partial charge < -0.3 is 44.0 Å². The Morgan fingerprint density at radius 1 is 0.879 bits per heavy atom. The molecule has 0 radical (unpaired) electrons. The Bertz CT molecular complexity index is 2410. The van der Waals surface area contributed by atoms with Crippen molar-refractivity contribution in [2.45, 2.75) is 64.3 Å². The van der Waals surface area contributed by atoms with Gasteiger partial charge in [-0.05, 0) is 99.9 Å². The Labute approximate surface area is 383 Å². The van der Waals surface area contributed by atoms with Crippen LogP contribution in [0.1, 0.15) is 65.0 Å². The molecular weight excluding hydrogens is 858 g/mol. The standard InChI is InChI=1S/C49H59F3N6O8/c1-32-5-6-34(46(59)55-37-9-7-35(42(28-37)49(50,51)52)31-57-16-14-56(4)15-17-57)25-33(32)8-10-38-30-54-43-29-39(11-13-58(38)43)64-24-23-63-22-21-62-20-19-61-18-12-53-47(60)41-27-36-26-40(41)45-44(36)65-48(2,3)66-45/h5-7,9,11,13,25,28-30,36,40-41,44-45H,12,14-24,26-27,31H2,1-4H3,(H,53,60)(H,55,59)/t36-,40+,41-,44-,45+/m1/s1. The maximum atomic E-state index is 14.2. The number of nitrogens with zero attached hydrogens (tertiary/aromatic N) is 4. The van der Waals surface area contributed by atoms with Gasteiger partial charge in [0.2, 0.25) is 5.91 Å². The first-order chi connectivity index (χ1) is 31.7. The first-order valence-electron chi connectivity index (χ1n) is 22.7. The fraction of sp³-hybridized carbons (Fsp3) is 0.531. The summed E-state index contributed by atoms with van der Waals surface area (Å²) in [6.07, 6.45) is 0.854. The van der Waals surface area contributed by atoms with Gasteiger partial charge >= 0.3 is 6.18 Å². The number of amides is 2. The van der Waals surface area contributed by atoms with E-state index in [1.807, 2.05) is 49.4 Å². The number of imidazole rings is 1. The van der Waals surface area contributed by atoms with E-state index in [2.05, 4.69) is 32.4 Å². The van der Waals surface area contributed by atoms with Crippen LogP contribution >= 0.6 is 0 Å². The zero-order valence-electron chi connectivity index (χ0n) is 38.0. The van der Waals surface area contributed by atoms with Crippen LogP contribution in [0.2, 0.25) is 0 Å². The second kappa shape index (κ2) is 20.8. The molecule has 5 atom stereocenters. The Kier molecular flexibility index (Phi) is 15.0. The van der Waals surface area contributed by atoms with E-state index in [4.69, 9.17) is 28.4 Å². The SMILES string of the molecule is Cc1ccc(C(=O)Nc2ccc(CN3CCN(C)CC3)c(C(F)(F)F)c2)cc1C#Cc1cnc2cc(OCCOCCOCCOCCNC(=O)[C@@H]3C[C@H]4C[C@@H]3[C@@H]3OC(C)(C)O[C@H]43)ccn12. The average molecular weight is 917 g/mol. The van der Waals surface area contributed by atoms with Crippen molar-refractivity contribution in [3.8, 4) is 17.6 Å². The van der Waals surface area contributed by atoms with Crippen LogP contribution in [-0.4, -0.2) is 135 Å². The lowest BCUT2D eigenvalue weighted by Crippen LogP contribution is -2.44. The van der Waals surface area contributed by atoms with Gasteiger partial charge in [0.05, 0.1) is 63.6 Å². The number of nitrogens with one attached hydrogen (secondary N) is 2. The molecule has 4 heterocycles. The number of rotatable bonds is 18. The molecule has 14 nitrogen and oxygen atoms in total. The summed E-state index contributed by atoms with van der Waals surface area (Å²) in [5.41, 5.74) is 2.42. The van der Waals surface area contributed by atoms with Crippen molar-refractivity contribution in [2.75, 3.05) is 91.3 Å². The molecule has 2 bridgehead atoms. The summed E-state index contributed by atoms with van der Waals surface area (Å²) in [5.74, 6) is 6.42. The summed E-state index contributed by atoms with van der Waals surface area (Å²) in [5, 5.41) is 5.66. The largest absolute Gasteiger partial charge is 0.491 e. The van der Waals surface area contributed by atoms with Crippen molar-refractivity contribution in [1.29, 1.82) is 0 Å². The van der Waals surface area contributed by atoms with Crippen LogP contribution in [0.15, 0.2) is 60.9 Å². The molecule has 2 aromatic heterocycles. The van der Waals surface area contributed by atoms with Crippen molar-refractivity contribution in [3.05, 3.63) is 94.4 Å². The number of likely N-dealkylation sites (N-methyl/N-ethyl adjacent to an activating group) is 1. The number of benzene rings is 2. The van der Waals surface area contributed by atoms with E-state index in [1.165, 1.54) is 12.1 Å². The first-order valence-corrected chi connectivity index (χ1v) is 22.7. The minimum Gasteiger partial charge on any atom is -0.491 e. The van der Waals surface area contributed by atoms with Gasteiger partial charge in [-0.2, -0.15) is 13.2 Å². The molecular formula is C49H59F3N6O8. The Morgan fingerprint density at radius 3 is 2.36 bits per heavy atom. The summed E-state index contributed by atoms with van der Waals surface area (Å²) in [4.78, 5) is 34.8. The van der Waals surface area contributed by atoms with Crippen LogP contribution in [0.4, 0.5) is 18.9 Å². The molecule has 2 amide bonds. The van der Waals surface area contributed by atoms with E-state index in [-0.39, 0.29) is 53.3 Å². The second-order valence-corrected chi connectivity index (χ2v) is 18.0. The lowest BCUT2D eigenvalue weighted by atomic mass is 9.84. The lowest BCUT2D eigenvalue weighted by molar-refractivity contribution is -0.158. The Balaban J connectivity index is 0.719. The highest BCUT2D eigenvalue weighted by atomic mass is 19.4. The zero-order chi connectivity index (χ0) is 46.4. The third-order valence-electron chi connectivity index (χ3n) is 12.8. The highest BCUT2D eigenvalue weighted by Gasteiger charge is 2.61. The highest BCUT2D eigenvalue weighted by molar-refractivity contribution is 6.04. The number of alkyl halides is 3. The molecule has 2 saturated heterocycles. The van der Waals surface area contributed by atoms with Gasteiger partial charge in [-0.3, -0.25) is 18.9 Å². The van der Waals surface area contributed by atoms with Crippen LogP contribution in [0, 0.1) is 36.5 Å². The number of aryl methyl sites for hydroxylation is 1. The third-order valence-corrected chi connectivity index (χ3v) is 12.8. The number of piperazine rings is 1. The monoisotopic (exact) mass is 916 g/mol. The van der Waals surface area contributed by atoms with Crippen LogP contribution in [0.3, 0.4) is 0 Å². The lowest BCUT2D eigenvalue weighted by Gasteiger charge is -2.33. The van der Waals surface area contributed by atoms with Gasteiger partial charge in [0.1, 0.15) is 23.7 Å². The number of carbonyl (C=O) groups is 2. The molecule has 4 fully saturated rings. The van der Waals surface area contributed by atoms with Gasteiger partial charge in [-0.1, -0.05) is 18.1 Å². The fourth-order valence-corrected chi connectivity index (χ4v) is 9.37. The molecule has 2 saturated carbocycles. The number of hydrogen-bond acceptors (Lipinski definition) is 11. The van der Waals surface area contributed by atoms with E-state index < -0.39 is 23.4 Å². The van der Waals surface area contributed by atoms with Gasteiger partial charge in [-0.15, -0.1) is 0 Å². The predicted molar refractivity (Wildman–Crippen MR) is 239 cm³/mol. The minimum absolute atomic E-state index is 0.0133. The van der Waals surface area contributed by atoms with Crippen LogP contribution < -0.4 is 15.4 Å². The summed E-state index contributed by atoms with van der Waals surface area (Å²) < 4.78 is 79.2. The molecule has 2 aliphatic carbocycles. The number of pyridine rings is 1. The molecule has 2 N–H and O–H groups in total. The normalized spacial score (nSPS) is 22.6. The Hall–Kier alpha value is -5.06. The maximum Gasteiger partial charge on any atom is 0.416 e. The molecule has 4 aromatic rings. The molecule has 66 heavy (non-hydrogen) atoms. The van der Waals surface area contributed by atoms with Gasteiger partial charge in [0, 0.05) is 74.3 Å². The summed E-state index contributed by atoms with van der Waals surface area (Å²) >= 11 is 0. The first kappa shape index (κ1) is 47.4. The van der Waals surface area contributed by atoms with Crippen molar-refractivity contribution >= 4 is 23.1 Å². The molecule has 0 unspecified atom stereocenters. The minimum atomic E-state index is -4.57. The number of carbonyl (C=O) groups excluding carboxylic acids is 2. The number of halogens is 3. The predicted octanol–water partition coefficient (Wildman–Crippen LogP) is 5.78. The molecule has 2 aliphatic heterocycles. The van der Waals surface area contributed by atoms with E-state index >= 15 is 0 Å². The molecule has 4 aliphatic rings. The van der Waals surface area contributed by atoms with Crippen LogP contribution in [-0.2, 0) is 41.2 Å². The number of fused-ring (bicyclic) bond motifs is 6. The van der Waals surface area contributed by atoms with Crippen LogP contribution in [0.5, 0.6) is 5.75 Å². The van der Waals surface area contributed by atoms with E-state index in [0.717, 1.165) is 37.6 Å². The van der Waals surface area contributed by atoms with Gasteiger partial charge in [0.15, 0.2) is 5.79 Å². The van der Waals surface area contributed by atoms with Crippen molar-refractivity contribution in [1.82, 2.24) is 24.5 Å². The number of hydrogen-bond donors (Lipinski definition) is 2. The molecule has 17 heteroatoms. The topological polar surface area (TPSA) is 137 Å². The third kappa shape index (κ3) is 11.7. The van der Waals surface area contributed by atoms with Gasteiger partial charge in [0.25, 0.3) is 5.91 Å². The second-order valence-electron chi connectivity index (χ2n) is 18.0. The van der Waals surface area contributed by atoms with E-state index in [1.54, 1.807) is 30.5 Å². The maximum absolute atomic E-state index is 14.2. The van der Waals surface area contributed by atoms with Crippen molar-refractivity contribution < 1.29 is 51.2 Å². The smallest absolute Gasteiger partial charge is 0.416 e. The highest BCUT2D eigenvalue weighted by Crippen LogP contribution is 2.55. The molecule has 354 valence electrons. The van der Waals surface area contributed by atoms with Crippen molar-refractivity contribution in [2.24, 2.45) is 17.8 Å². The van der Waals surface area contributed by atoms with E-state index in [0.29, 0.717) is 94.5 Å².